The van der Waals surface area contributed by atoms with Crippen molar-refractivity contribution in [2.24, 2.45) is 18.9 Å². The maximum atomic E-state index is 13.5. The predicted octanol–water partition coefficient (Wildman–Crippen LogP) is 1.45. The molecule has 4 aromatic rings. The Kier molecular flexibility index (Phi) is 5.85. The first-order valence-electron chi connectivity index (χ1n) is 12.6. The highest BCUT2D eigenvalue weighted by molar-refractivity contribution is 5.93. The number of carbonyl (C=O) groups excluding carboxylic acids is 2. The van der Waals surface area contributed by atoms with Gasteiger partial charge in [0.05, 0.1) is 30.4 Å². The maximum Gasteiger partial charge on any atom is 0.332 e. The van der Waals surface area contributed by atoms with Crippen LogP contribution in [0.25, 0.3) is 22.4 Å². The third-order valence-corrected chi connectivity index (χ3v) is 7.68. The molecule has 1 aliphatic heterocycles. The highest BCUT2D eigenvalue weighted by Gasteiger charge is 2.71. The van der Waals surface area contributed by atoms with Crippen LogP contribution in [0, 0.1) is 11.8 Å². The van der Waals surface area contributed by atoms with E-state index < -0.39 is 47.5 Å². The summed E-state index contributed by atoms with van der Waals surface area (Å²) in [6.45, 7) is 1.72. The van der Waals surface area contributed by atoms with Gasteiger partial charge in [0, 0.05) is 31.9 Å². The second kappa shape index (κ2) is 9.17. The van der Waals surface area contributed by atoms with Crippen LogP contribution in [-0.4, -0.2) is 59.9 Å². The van der Waals surface area contributed by atoms with Gasteiger partial charge in [-0.3, -0.25) is 18.7 Å². The Balaban J connectivity index is 1.20. The van der Waals surface area contributed by atoms with Crippen LogP contribution in [0.5, 0.6) is 0 Å². The number of aldehydes is 1. The zero-order valence-corrected chi connectivity index (χ0v) is 21.5. The Hall–Kier alpha value is -4.75. The van der Waals surface area contributed by atoms with Gasteiger partial charge >= 0.3 is 5.69 Å². The van der Waals surface area contributed by atoms with E-state index >= 15 is 0 Å². The van der Waals surface area contributed by atoms with E-state index in [1.165, 1.54) is 17.9 Å². The number of amides is 1. The predicted molar refractivity (Wildman–Crippen MR) is 140 cm³/mol. The van der Waals surface area contributed by atoms with Gasteiger partial charge in [-0.2, -0.15) is 0 Å². The molecule has 0 spiro atoms. The second-order valence-electron chi connectivity index (χ2n) is 10.0. The van der Waals surface area contributed by atoms with Crippen LogP contribution in [0.2, 0.25) is 0 Å². The third kappa shape index (κ3) is 3.98. The Labute approximate surface area is 224 Å². The van der Waals surface area contributed by atoms with E-state index in [9.17, 15) is 28.0 Å². The van der Waals surface area contributed by atoms with E-state index in [-0.39, 0.29) is 30.1 Å². The van der Waals surface area contributed by atoms with E-state index in [1.54, 1.807) is 43.5 Å². The first-order chi connectivity index (χ1) is 19.1. The van der Waals surface area contributed by atoms with E-state index in [1.807, 2.05) is 4.90 Å². The van der Waals surface area contributed by atoms with Crippen molar-refractivity contribution >= 4 is 35.0 Å². The molecule has 206 valence electrons. The van der Waals surface area contributed by atoms with Crippen LogP contribution in [0.4, 0.5) is 20.4 Å². The number of carbonyl (C=O) groups is 2. The summed E-state index contributed by atoms with van der Waals surface area (Å²) in [5.41, 5.74) is -0.0850. The van der Waals surface area contributed by atoms with Gasteiger partial charge in [0.1, 0.15) is 24.0 Å². The van der Waals surface area contributed by atoms with Gasteiger partial charge < -0.3 is 19.6 Å². The lowest BCUT2D eigenvalue weighted by Crippen LogP contribution is -2.40. The molecule has 14 heteroatoms. The van der Waals surface area contributed by atoms with Crippen LogP contribution in [0.1, 0.15) is 13.0 Å². The Morgan fingerprint density at radius 3 is 2.60 bits per heavy atom. The van der Waals surface area contributed by atoms with Crippen molar-refractivity contribution in [2.45, 2.75) is 25.4 Å². The SMILES string of the molecule is C[C@@H](C(=O)Nc1cccc(-c2ccc(N3CC4C(C3)C4(F)F)nc2)n1)n1cnc2c1c(=O)n(CC=O)c(=O)n2C. The summed E-state index contributed by atoms with van der Waals surface area (Å²) < 4.78 is 30.3. The van der Waals surface area contributed by atoms with Crippen molar-refractivity contribution in [3.8, 4) is 11.3 Å². The molecule has 1 amide bonds. The number of nitrogens with one attached hydrogen (secondary N) is 1. The van der Waals surface area contributed by atoms with Crippen LogP contribution >= 0.6 is 0 Å². The molecule has 1 N–H and O–H groups in total. The number of halogens is 2. The molecule has 1 aliphatic carbocycles. The number of piperidine rings is 1. The van der Waals surface area contributed by atoms with Gasteiger partial charge in [0.25, 0.3) is 11.5 Å². The minimum Gasteiger partial charge on any atom is -0.356 e. The van der Waals surface area contributed by atoms with Crippen molar-refractivity contribution in [1.29, 1.82) is 0 Å². The fourth-order valence-electron chi connectivity index (χ4n) is 5.26. The maximum absolute atomic E-state index is 13.5. The van der Waals surface area contributed by atoms with Crippen LogP contribution in [0.15, 0.2) is 52.4 Å². The summed E-state index contributed by atoms with van der Waals surface area (Å²) in [6.07, 6.45) is 3.35. The van der Waals surface area contributed by atoms with E-state index in [4.69, 9.17) is 0 Å². The molecule has 3 atom stereocenters. The highest BCUT2D eigenvalue weighted by Crippen LogP contribution is 2.59. The van der Waals surface area contributed by atoms with Crippen LogP contribution < -0.4 is 21.5 Å². The number of alkyl halides is 2. The zero-order valence-electron chi connectivity index (χ0n) is 21.5. The molecule has 2 unspecified atom stereocenters. The summed E-state index contributed by atoms with van der Waals surface area (Å²) in [7, 11) is 1.43. The van der Waals surface area contributed by atoms with Crippen LogP contribution in [-0.2, 0) is 23.2 Å². The monoisotopic (exact) mass is 550 g/mol. The molecule has 0 aromatic carbocycles. The van der Waals surface area contributed by atoms with Crippen molar-refractivity contribution in [1.82, 2.24) is 28.7 Å². The molecule has 1 saturated carbocycles. The average molecular weight is 551 g/mol. The lowest BCUT2D eigenvalue weighted by atomic mass is 10.2. The second-order valence-corrected chi connectivity index (χ2v) is 10.0. The molecule has 40 heavy (non-hydrogen) atoms. The summed E-state index contributed by atoms with van der Waals surface area (Å²) >= 11 is 0. The van der Waals surface area contributed by atoms with Crippen molar-refractivity contribution in [3.63, 3.8) is 0 Å². The number of rotatable bonds is 7. The number of aromatic nitrogens is 6. The lowest BCUT2D eigenvalue weighted by molar-refractivity contribution is -0.118. The quantitative estimate of drug-likeness (QED) is 0.342. The normalized spacial score (nSPS) is 19.9. The van der Waals surface area contributed by atoms with E-state index in [0.29, 0.717) is 23.4 Å². The third-order valence-electron chi connectivity index (χ3n) is 7.68. The van der Waals surface area contributed by atoms with Crippen molar-refractivity contribution < 1.29 is 18.4 Å². The number of anilines is 2. The molecule has 2 fully saturated rings. The number of fused-ring (bicyclic) bond motifs is 2. The number of hydrogen-bond acceptors (Lipinski definition) is 8. The summed E-state index contributed by atoms with van der Waals surface area (Å²) in [5, 5.41) is 2.73. The van der Waals surface area contributed by atoms with E-state index in [2.05, 4.69) is 20.3 Å². The smallest absolute Gasteiger partial charge is 0.332 e. The zero-order chi connectivity index (χ0) is 28.3. The average Bonchev–Trinajstić information content (AvgIpc) is 3.38. The molecule has 1 saturated heterocycles. The number of hydrogen-bond donors (Lipinski definition) is 1. The number of pyridine rings is 2. The number of nitrogens with zero attached hydrogens (tertiary/aromatic N) is 7. The first kappa shape index (κ1) is 25.5. The minimum absolute atomic E-state index is 0.0125. The highest BCUT2D eigenvalue weighted by atomic mass is 19.3. The Bertz CT molecular complexity index is 1760. The summed E-state index contributed by atoms with van der Waals surface area (Å²) in [5.74, 6) is -3.35. The largest absolute Gasteiger partial charge is 0.356 e. The van der Waals surface area contributed by atoms with Gasteiger partial charge in [-0.1, -0.05) is 6.07 Å². The number of imidazole rings is 1. The molecular weight excluding hydrogens is 526 g/mol. The van der Waals surface area contributed by atoms with Gasteiger partial charge in [0.2, 0.25) is 5.91 Å². The molecule has 6 rings (SSSR count). The lowest BCUT2D eigenvalue weighted by Gasteiger charge is -2.20. The fourth-order valence-corrected chi connectivity index (χ4v) is 5.26. The van der Waals surface area contributed by atoms with Gasteiger partial charge in [-0.05, 0) is 31.2 Å². The topological polar surface area (TPSA) is 137 Å². The van der Waals surface area contributed by atoms with Gasteiger partial charge in [-0.15, -0.1) is 0 Å². The standard InChI is InChI=1S/C26H24F2N8O4/c1-14(36-13-30-22-21(36)24(39)35(8-9-37)25(40)33(22)2)23(38)32-19-5-3-4-18(31-19)15-6-7-20(29-10-15)34-11-16-17(12-34)26(16,27)28/h3-7,9-10,13-14,16-17H,8,11-12H2,1-2H3,(H,31,32,38)/t14-,16?,17?/m0/s1. The number of aryl methyl sites for hydroxylation is 1. The van der Waals surface area contributed by atoms with Crippen molar-refractivity contribution in [3.05, 3.63) is 63.7 Å². The molecule has 12 nitrogen and oxygen atoms in total. The van der Waals surface area contributed by atoms with Gasteiger partial charge in [-0.25, -0.2) is 28.5 Å². The molecule has 0 radical (unpaired) electrons. The molecule has 2 aliphatic rings. The minimum atomic E-state index is -2.55. The Morgan fingerprint density at radius 2 is 1.93 bits per heavy atom. The molecular formula is C26H24F2N8O4. The summed E-state index contributed by atoms with van der Waals surface area (Å²) in [4.78, 5) is 64.4. The fraction of sp³-hybridized carbons (Fsp3) is 0.346. The molecule has 4 aromatic heterocycles. The summed E-state index contributed by atoms with van der Waals surface area (Å²) in [6, 6.07) is 7.73. The Morgan fingerprint density at radius 1 is 1.18 bits per heavy atom. The molecule has 0 bridgehead atoms. The van der Waals surface area contributed by atoms with Crippen molar-refractivity contribution in [2.75, 3.05) is 23.3 Å². The van der Waals surface area contributed by atoms with E-state index in [0.717, 1.165) is 9.13 Å². The van der Waals surface area contributed by atoms with Gasteiger partial charge in [0.15, 0.2) is 11.2 Å². The first-order valence-corrected chi connectivity index (χ1v) is 12.6. The van der Waals surface area contributed by atoms with Crippen LogP contribution in [0.3, 0.4) is 0 Å². The molecule has 5 heterocycles.